The van der Waals surface area contributed by atoms with Gasteiger partial charge in [-0.3, -0.25) is 0 Å². The minimum absolute atomic E-state index is 0.222. The second-order valence-corrected chi connectivity index (χ2v) is 7.19. The molecule has 0 saturated carbocycles. The standard InChI is InChI=1S/C22H21N5O/c1-15(2)27-22(23-14-24-27)19-13-26-10-11-28-20-9-8-17(12-18(20)21(26)25-19)16-6-4-3-5-7-16/h3-9,12-15H,10-11H2,1-2H3. The molecule has 2 aromatic carbocycles. The lowest BCUT2D eigenvalue weighted by Crippen LogP contribution is -2.06. The van der Waals surface area contributed by atoms with Crippen LogP contribution in [0, 0.1) is 0 Å². The average molecular weight is 371 g/mol. The van der Waals surface area contributed by atoms with Gasteiger partial charge in [-0.2, -0.15) is 5.10 Å². The highest BCUT2D eigenvalue weighted by molar-refractivity contribution is 5.76. The zero-order chi connectivity index (χ0) is 19.1. The zero-order valence-corrected chi connectivity index (χ0v) is 15.9. The van der Waals surface area contributed by atoms with Gasteiger partial charge in [-0.1, -0.05) is 36.4 Å². The molecule has 0 fully saturated rings. The van der Waals surface area contributed by atoms with Crippen LogP contribution >= 0.6 is 0 Å². The summed E-state index contributed by atoms with van der Waals surface area (Å²) in [6, 6.07) is 16.9. The minimum Gasteiger partial charge on any atom is -0.491 e. The van der Waals surface area contributed by atoms with Crippen LogP contribution in [0.1, 0.15) is 19.9 Å². The fourth-order valence-corrected chi connectivity index (χ4v) is 3.62. The van der Waals surface area contributed by atoms with Crippen LogP contribution in [-0.2, 0) is 6.54 Å². The van der Waals surface area contributed by atoms with Gasteiger partial charge >= 0.3 is 0 Å². The molecule has 0 amide bonds. The van der Waals surface area contributed by atoms with E-state index in [0.717, 1.165) is 40.8 Å². The monoisotopic (exact) mass is 371 g/mol. The van der Waals surface area contributed by atoms with E-state index in [-0.39, 0.29) is 6.04 Å². The van der Waals surface area contributed by atoms with Crippen molar-refractivity contribution in [1.29, 1.82) is 0 Å². The Hall–Kier alpha value is -3.41. The van der Waals surface area contributed by atoms with Crippen LogP contribution in [0.25, 0.3) is 34.0 Å². The Bertz CT molecular complexity index is 1130. The quantitative estimate of drug-likeness (QED) is 0.534. The molecule has 140 valence electrons. The third-order valence-corrected chi connectivity index (χ3v) is 4.99. The van der Waals surface area contributed by atoms with Gasteiger partial charge < -0.3 is 9.30 Å². The van der Waals surface area contributed by atoms with E-state index in [2.05, 4.69) is 64.9 Å². The van der Waals surface area contributed by atoms with Crippen LogP contribution in [0.5, 0.6) is 5.75 Å². The Morgan fingerprint density at radius 2 is 1.86 bits per heavy atom. The van der Waals surface area contributed by atoms with Crippen molar-refractivity contribution >= 4 is 0 Å². The molecule has 0 atom stereocenters. The summed E-state index contributed by atoms with van der Waals surface area (Å²) in [5.74, 6) is 2.55. The third-order valence-electron chi connectivity index (χ3n) is 4.99. The fourth-order valence-electron chi connectivity index (χ4n) is 3.62. The molecule has 28 heavy (non-hydrogen) atoms. The van der Waals surface area contributed by atoms with Crippen LogP contribution in [0.2, 0.25) is 0 Å². The number of hydrogen-bond donors (Lipinski definition) is 0. The van der Waals surface area contributed by atoms with Crippen LogP contribution in [0.3, 0.4) is 0 Å². The Morgan fingerprint density at radius 1 is 1.00 bits per heavy atom. The molecule has 0 N–H and O–H groups in total. The predicted molar refractivity (Wildman–Crippen MR) is 108 cm³/mol. The van der Waals surface area contributed by atoms with Crippen LogP contribution in [0.4, 0.5) is 0 Å². The summed E-state index contributed by atoms with van der Waals surface area (Å²) in [6.45, 7) is 5.54. The molecule has 3 heterocycles. The number of ether oxygens (including phenoxy) is 1. The van der Waals surface area contributed by atoms with E-state index in [9.17, 15) is 0 Å². The number of aromatic nitrogens is 5. The first kappa shape index (κ1) is 16.7. The molecule has 0 saturated heterocycles. The average Bonchev–Trinajstić information content (AvgIpc) is 3.33. The smallest absolute Gasteiger partial charge is 0.178 e. The van der Waals surface area contributed by atoms with Crippen molar-refractivity contribution in [2.75, 3.05) is 6.61 Å². The van der Waals surface area contributed by atoms with Gasteiger partial charge in [-0.15, -0.1) is 0 Å². The lowest BCUT2D eigenvalue weighted by molar-refractivity contribution is 0.306. The van der Waals surface area contributed by atoms with Gasteiger partial charge in [0.2, 0.25) is 0 Å². The van der Waals surface area contributed by atoms with E-state index in [0.29, 0.717) is 6.61 Å². The number of fused-ring (bicyclic) bond motifs is 3. The van der Waals surface area contributed by atoms with E-state index in [1.54, 1.807) is 6.33 Å². The summed E-state index contributed by atoms with van der Waals surface area (Å²) in [7, 11) is 0. The third kappa shape index (κ3) is 2.78. The summed E-state index contributed by atoms with van der Waals surface area (Å²) in [5, 5.41) is 4.35. The van der Waals surface area contributed by atoms with Gasteiger partial charge in [0, 0.05) is 12.2 Å². The molecule has 1 aliphatic rings. The number of imidazole rings is 1. The van der Waals surface area contributed by atoms with Gasteiger partial charge in [0.25, 0.3) is 0 Å². The molecule has 0 unspecified atom stereocenters. The maximum Gasteiger partial charge on any atom is 0.178 e. The molecule has 5 rings (SSSR count). The maximum atomic E-state index is 5.98. The molecule has 2 aromatic heterocycles. The zero-order valence-electron chi connectivity index (χ0n) is 15.9. The summed E-state index contributed by atoms with van der Waals surface area (Å²) < 4.78 is 10.0. The van der Waals surface area contributed by atoms with E-state index in [1.165, 1.54) is 5.56 Å². The highest BCUT2D eigenvalue weighted by Crippen LogP contribution is 2.36. The SMILES string of the molecule is CC(C)n1ncnc1-c1cn2c(n1)-c1cc(-c3ccccc3)ccc1OCC2. The van der Waals surface area contributed by atoms with E-state index in [4.69, 9.17) is 9.72 Å². The molecule has 0 radical (unpaired) electrons. The molecular formula is C22H21N5O. The Labute approximate surface area is 163 Å². The number of rotatable bonds is 3. The summed E-state index contributed by atoms with van der Waals surface area (Å²) >= 11 is 0. The highest BCUT2D eigenvalue weighted by Gasteiger charge is 2.22. The number of hydrogen-bond acceptors (Lipinski definition) is 4. The van der Waals surface area contributed by atoms with Crippen molar-refractivity contribution in [3.8, 4) is 39.8 Å². The number of nitrogens with zero attached hydrogens (tertiary/aromatic N) is 5. The van der Waals surface area contributed by atoms with E-state index >= 15 is 0 Å². The van der Waals surface area contributed by atoms with Gasteiger partial charge in [0.15, 0.2) is 5.82 Å². The lowest BCUT2D eigenvalue weighted by Gasteiger charge is -2.09. The lowest BCUT2D eigenvalue weighted by atomic mass is 10.0. The second-order valence-electron chi connectivity index (χ2n) is 7.19. The highest BCUT2D eigenvalue weighted by atomic mass is 16.5. The van der Waals surface area contributed by atoms with Crippen LogP contribution < -0.4 is 4.74 Å². The van der Waals surface area contributed by atoms with Crippen LogP contribution in [-0.4, -0.2) is 30.9 Å². The van der Waals surface area contributed by atoms with Crippen molar-refractivity contribution in [3.63, 3.8) is 0 Å². The van der Waals surface area contributed by atoms with Crippen LogP contribution in [0.15, 0.2) is 61.1 Å². The molecule has 0 bridgehead atoms. The Kier molecular flexibility index (Phi) is 3.97. The molecule has 4 aromatic rings. The molecule has 6 nitrogen and oxygen atoms in total. The van der Waals surface area contributed by atoms with Crippen molar-refractivity contribution in [1.82, 2.24) is 24.3 Å². The van der Waals surface area contributed by atoms with Crippen molar-refractivity contribution in [3.05, 3.63) is 61.1 Å². The molecule has 1 aliphatic heterocycles. The normalized spacial score (nSPS) is 13.0. The number of benzene rings is 2. The van der Waals surface area contributed by atoms with Crippen molar-refractivity contribution < 1.29 is 4.74 Å². The second kappa shape index (κ2) is 6.64. The predicted octanol–water partition coefficient (Wildman–Crippen LogP) is 4.45. The summed E-state index contributed by atoms with van der Waals surface area (Å²) in [5.41, 5.74) is 4.15. The summed E-state index contributed by atoms with van der Waals surface area (Å²) in [4.78, 5) is 9.37. The van der Waals surface area contributed by atoms with Crippen molar-refractivity contribution in [2.45, 2.75) is 26.4 Å². The first-order chi connectivity index (χ1) is 13.7. The van der Waals surface area contributed by atoms with Gasteiger partial charge in [-0.05, 0) is 37.1 Å². The molecule has 0 aliphatic carbocycles. The van der Waals surface area contributed by atoms with E-state index < -0.39 is 0 Å². The topological polar surface area (TPSA) is 57.8 Å². The summed E-state index contributed by atoms with van der Waals surface area (Å²) in [6.07, 6.45) is 3.64. The first-order valence-electron chi connectivity index (χ1n) is 9.50. The first-order valence-corrected chi connectivity index (χ1v) is 9.50. The van der Waals surface area contributed by atoms with E-state index in [1.807, 2.05) is 23.0 Å². The van der Waals surface area contributed by atoms with Gasteiger partial charge in [-0.25, -0.2) is 14.6 Å². The molecular weight excluding hydrogens is 350 g/mol. The largest absolute Gasteiger partial charge is 0.491 e. The minimum atomic E-state index is 0.222. The molecule has 6 heteroatoms. The fraction of sp³-hybridized carbons (Fsp3) is 0.227. The van der Waals surface area contributed by atoms with Crippen molar-refractivity contribution in [2.24, 2.45) is 0 Å². The van der Waals surface area contributed by atoms with Gasteiger partial charge in [0.05, 0.1) is 12.1 Å². The Morgan fingerprint density at radius 3 is 2.68 bits per heavy atom. The molecule has 0 spiro atoms. The Balaban J connectivity index is 1.64. The van der Waals surface area contributed by atoms with Gasteiger partial charge in [0.1, 0.15) is 30.2 Å². The maximum absolute atomic E-state index is 5.98.